The van der Waals surface area contributed by atoms with Gasteiger partial charge in [0.05, 0.1) is 34.3 Å². The second kappa shape index (κ2) is 10.3. The molecule has 16 heteroatoms. The third-order valence-corrected chi connectivity index (χ3v) is 8.20. The molecule has 2 saturated heterocycles. The molecular formula is C17H16ClN6NaO5S3. The molecule has 3 atom stereocenters. The minimum absolute atomic E-state index is 0. The van der Waals surface area contributed by atoms with E-state index in [-0.39, 0.29) is 59.9 Å². The largest absolute Gasteiger partial charge is 1.00 e. The third kappa shape index (κ3) is 4.78. The predicted molar refractivity (Wildman–Crippen MR) is 122 cm³/mol. The van der Waals surface area contributed by atoms with Gasteiger partial charge in [-0.25, -0.2) is 9.97 Å². The minimum Gasteiger partial charge on any atom is -1.00 e. The molecule has 0 aliphatic carbocycles. The molecule has 2 aliphatic heterocycles. The summed E-state index contributed by atoms with van der Waals surface area (Å²) in [6.07, 6.45) is 1.29. The number of carbonyl (C=O) groups excluding carboxylic acids is 2. The number of carbonyl (C=O) groups is 3. The Morgan fingerprint density at radius 2 is 2.24 bits per heavy atom. The molecule has 2 unspecified atom stereocenters. The molecule has 0 spiro atoms. The summed E-state index contributed by atoms with van der Waals surface area (Å²) in [4.78, 5) is 47.5. The van der Waals surface area contributed by atoms with Gasteiger partial charge in [-0.3, -0.25) is 14.4 Å². The molecular weight excluding hydrogens is 523 g/mol. The van der Waals surface area contributed by atoms with Gasteiger partial charge in [-0.1, -0.05) is 34.6 Å². The predicted octanol–water partition coefficient (Wildman–Crippen LogP) is -1.19. The summed E-state index contributed by atoms with van der Waals surface area (Å²) in [5, 5.41) is 27.2. The fraction of sp³-hybridized carbons (Fsp3) is 0.294. The number of anilines is 1. The number of hydrogen-bond donors (Lipinski definition) is 4. The number of fused-ring (bicyclic) bond motifs is 1. The van der Waals surface area contributed by atoms with E-state index >= 15 is 0 Å². The molecule has 33 heavy (non-hydrogen) atoms. The monoisotopic (exact) mass is 538 g/mol. The van der Waals surface area contributed by atoms with E-state index < -0.39 is 28.8 Å². The van der Waals surface area contributed by atoms with Crippen molar-refractivity contribution in [2.45, 2.75) is 24.4 Å². The van der Waals surface area contributed by atoms with Crippen molar-refractivity contribution >= 4 is 80.1 Å². The molecule has 0 bridgehead atoms. The summed E-state index contributed by atoms with van der Waals surface area (Å²) < 4.78 is 0. The number of nitrogens with zero attached hydrogens (tertiary/aromatic N) is 4. The van der Waals surface area contributed by atoms with Crippen LogP contribution in [0.4, 0.5) is 5.13 Å². The van der Waals surface area contributed by atoms with Crippen LogP contribution >= 0.6 is 46.0 Å². The van der Waals surface area contributed by atoms with Gasteiger partial charge in [0.2, 0.25) is 11.8 Å². The number of rotatable bonds is 6. The molecule has 4 rings (SSSR count). The van der Waals surface area contributed by atoms with Crippen LogP contribution in [0.15, 0.2) is 22.1 Å². The maximum Gasteiger partial charge on any atom is 1.00 e. The molecule has 170 valence electrons. The fourth-order valence-corrected chi connectivity index (χ4v) is 6.21. The normalized spacial score (nSPS) is 25.4. The topological polar surface area (TPSA) is 171 Å². The van der Waals surface area contributed by atoms with Crippen molar-refractivity contribution in [3.8, 4) is 0 Å². The van der Waals surface area contributed by atoms with Crippen molar-refractivity contribution in [2.75, 3.05) is 5.73 Å². The number of amides is 2. The zero-order valence-corrected chi connectivity index (χ0v) is 22.2. The molecule has 2 aromatic heterocycles. The van der Waals surface area contributed by atoms with Gasteiger partial charge in [-0.05, 0) is 6.08 Å². The molecule has 11 nitrogen and oxygen atoms in total. The molecule has 0 saturated carbocycles. The number of thiazole rings is 2. The summed E-state index contributed by atoms with van der Waals surface area (Å²) in [7, 11) is 0. The number of halogens is 1. The quantitative estimate of drug-likeness (QED) is 0.153. The van der Waals surface area contributed by atoms with Crippen LogP contribution in [0.2, 0.25) is 5.15 Å². The zero-order valence-electron chi connectivity index (χ0n) is 18.0. The minimum atomic E-state index is -2.06. The van der Waals surface area contributed by atoms with Gasteiger partial charge in [0, 0.05) is 5.38 Å². The maximum atomic E-state index is 12.8. The van der Waals surface area contributed by atoms with Crippen molar-refractivity contribution in [3.05, 3.63) is 32.7 Å². The first-order chi connectivity index (χ1) is 15.3. The van der Waals surface area contributed by atoms with Gasteiger partial charge in [-0.2, -0.15) is 0 Å². The Kier molecular flexibility index (Phi) is 8.09. The first-order valence-corrected chi connectivity index (χ1v) is 12.0. The number of nitrogens with one attached hydrogen (secondary N) is 1. The van der Waals surface area contributed by atoms with Gasteiger partial charge in [0.15, 0.2) is 10.5 Å². The number of hydrogen-bond acceptors (Lipinski definition) is 11. The van der Waals surface area contributed by atoms with Crippen LogP contribution in [-0.2, 0) is 20.8 Å². The smallest absolute Gasteiger partial charge is 1.00 e. The van der Waals surface area contributed by atoms with E-state index in [0.29, 0.717) is 15.7 Å². The molecule has 2 amide bonds. The number of nitrogen functional groups attached to an aromatic ring is 1. The Balaban J connectivity index is 0.00000204. The average molecular weight is 539 g/mol. The molecule has 2 aliphatic rings. The Bertz CT molecular complexity index is 1160. The second-order valence-electron chi connectivity index (χ2n) is 6.82. The van der Waals surface area contributed by atoms with E-state index in [1.807, 2.05) is 0 Å². The van der Waals surface area contributed by atoms with Gasteiger partial charge in [0.25, 0.3) is 0 Å². The first-order valence-electron chi connectivity index (χ1n) is 8.97. The van der Waals surface area contributed by atoms with E-state index in [2.05, 4.69) is 20.4 Å². The van der Waals surface area contributed by atoms with E-state index in [4.69, 9.17) is 17.3 Å². The maximum absolute atomic E-state index is 12.8. The average Bonchev–Trinajstić information content (AvgIpc) is 3.33. The van der Waals surface area contributed by atoms with Crippen LogP contribution in [0, 0.1) is 5.41 Å². The molecule has 0 aromatic carbocycles. The summed E-state index contributed by atoms with van der Waals surface area (Å²) in [5.41, 5.74) is 5.43. The number of nitrogens with two attached hydrogens (primary N) is 1. The molecule has 4 heterocycles. The van der Waals surface area contributed by atoms with Gasteiger partial charge in [-0.15, -0.1) is 22.7 Å². The van der Waals surface area contributed by atoms with Crippen LogP contribution < -0.4 is 40.6 Å². The van der Waals surface area contributed by atoms with Crippen LogP contribution in [0.5, 0.6) is 0 Å². The van der Waals surface area contributed by atoms with E-state index in [1.54, 1.807) is 5.38 Å². The number of carboxylic acids is 1. The first kappa shape index (κ1) is 25.9. The number of aromatic nitrogens is 2. The standard InChI is InChI=1S/C17H15ClN6O5S3.Na.H/c18-12-8(31-6-20-12)1-2-17(15(27)28)13(22-9(25)3-7-5-30-16(19)21-7)24-10(26)4-11(24)32-14(17)23-29;;/h1-2,5-6,11,13,29H,3-4H2,(H2,19,21)(H,22,25)(H,27,28);;/q;+1;-1/t11-,13?,17?;;/m1../s1. The Hall–Kier alpha value is -1.68. The molecule has 5 N–H and O–H groups in total. The molecule has 2 aromatic rings. The fourth-order valence-electron chi connectivity index (χ4n) is 3.43. The summed E-state index contributed by atoms with van der Waals surface area (Å²) in [6.45, 7) is 0. The Labute approximate surface area is 227 Å². The van der Waals surface area contributed by atoms with Crippen LogP contribution in [0.25, 0.3) is 6.08 Å². The van der Waals surface area contributed by atoms with Crippen molar-refractivity contribution in [1.82, 2.24) is 20.2 Å². The number of β-lactam (4-membered cyclic amide) rings is 1. The SMILES string of the molecule is Nc1nc(CC(=O)NC2N3C(=O)C[C@H]3SC(=NO)C2(C=Cc2scnc2Cl)C(=O)O)cs1.[H-].[Na+]. The van der Waals surface area contributed by atoms with E-state index in [9.17, 15) is 24.7 Å². The van der Waals surface area contributed by atoms with Crippen molar-refractivity contribution in [2.24, 2.45) is 10.6 Å². The zero-order chi connectivity index (χ0) is 23.0. The summed E-state index contributed by atoms with van der Waals surface area (Å²) >= 11 is 9.31. The Morgan fingerprint density at radius 1 is 1.48 bits per heavy atom. The van der Waals surface area contributed by atoms with Crippen LogP contribution in [-0.4, -0.2) is 59.5 Å². The van der Waals surface area contributed by atoms with Gasteiger partial charge < -0.3 is 27.7 Å². The molecule has 2 fully saturated rings. The van der Waals surface area contributed by atoms with Gasteiger partial charge >= 0.3 is 35.5 Å². The van der Waals surface area contributed by atoms with E-state index in [0.717, 1.165) is 11.8 Å². The van der Waals surface area contributed by atoms with Crippen molar-refractivity contribution in [1.29, 1.82) is 0 Å². The number of thioether (sulfide) groups is 1. The number of carboxylic acid groups (broad SMARTS) is 1. The number of aliphatic carboxylic acids is 1. The third-order valence-electron chi connectivity index (χ3n) is 4.96. The van der Waals surface area contributed by atoms with Gasteiger partial charge in [0.1, 0.15) is 16.4 Å². The van der Waals surface area contributed by atoms with Crippen LogP contribution in [0.1, 0.15) is 18.4 Å². The van der Waals surface area contributed by atoms with E-state index in [1.165, 1.54) is 45.2 Å². The van der Waals surface area contributed by atoms with Crippen LogP contribution in [0.3, 0.4) is 0 Å². The second-order valence-corrected chi connectivity index (χ2v) is 10.1. The number of oxime groups is 1. The summed E-state index contributed by atoms with van der Waals surface area (Å²) in [5.74, 6) is -2.33. The Morgan fingerprint density at radius 3 is 2.79 bits per heavy atom. The van der Waals surface area contributed by atoms with Crippen molar-refractivity contribution < 1.29 is 55.7 Å². The van der Waals surface area contributed by atoms with Crippen molar-refractivity contribution in [3.63, 3.8) is 0 Å². The molecule has 0 radical (unpaired) electrons. The summed E-state index contributed by atoms with van der Waals surface area (Å²) in [6, 6.07) is 0.